The van der Waals surface area contributed by atoms with Crippen molar-refractivity contribution in [3.63, 3.8) is 0 Å². The van der Waals surface area contributed by atoms with Crippen LogP contribution in [0.1, 0.15) is 18.5 Å². The largest absolute Gasteiger partial charge is 0.481 e. The maximum atomic E-state index is 10.6. The highest BCUT2D eigenvalue weighted by atomic mass is 32.1. The van der Waals surface area contributed by atoms with Crippen LogP contribution in [0.25, 0.3) is 0 Å². The predicted octanol–water partition coefficient (Wildman–Crippen LogP) is 1.63. The molecule has 0 aromatic carbocycles. The number of aromatic nitrogens is 1. The normalized spacial score (nSPS) is 17.1. The van der Waals surface area contributed by atoms with Gasteiger partial charge in [0.1, 0.15) is 0 Å². The molecule has 1 saturated heterocycles. The number of thiazole rings is 1. The van der Waals surface area contributed by atoms with E-state index in [0.717, 1.165) is 37.7 Å². The average Bonchev–Trinajstić information content (AvgIpc) is 2.78. The summed E-state index contributed by atoms with van der Waals surface area (Å²) in [5.74, 6) is -0.185. The number of anilines is 1. The van der Waals surface area contributed by atoms with Crippen LogP contribution < -0.4 is 4.90 Å². The van der Waals surface area contributed by atoms with E-state index in [1.54, 1.807) is 7.11 Å². The molecule has 1 aromatic rings. The Labute approximate surface area is 110 Å². The molecule has 18 heavy (non-hydrogen) atoms. The summed E-state index contributed by atoms with van der Waals surface area (Å²) in [4.78, 5) is 17.2. The van der Waals surface area contributed by atoms with Crippen molar-refractivity contribution in [2.24, 2.45) is 5.92 Å². The molecule has 0 amide bonds. The maximum Gasteiger partial charge on any atom is 0.309 e. The summed E-state index contributed by atoms with van der Waals surface area (Å²) in [5.41, 5.74) is 0.654. The van der Waals surface area contributed by atoms with E-state index in [-0.39, 0.29) is 6.42 Å². The van der Waals surface area contributed by atoms with Crippen molar-refractivity contribution in [2.75, 3.05) is 31.7 Å². The minimum atomic E-state index is -0.828. The fraction of sp³-hybridized carbons (Fsp3) is 0.667. The van der Waals surface area contributed by atoms with Gasteiger partial charge in [-0.25, -0.2) is 4.98 Å². The van der Waals surface area contributed by atoms with E-state index < -0.39 is 5.97 Å². The number of carbonyl (C=O) groups is 1. The average molecular weight is 270 g/mol. The second-order valence-electron chi connectivity index (χ2n) is 4.58. The molecule has 1 N–H and O–H groups in total. The molecule has 1 aliphatic heterocycles. The molecule has 6 heteroatoms. The molecule has 100 valence electrons. The Morgan fingerprint density at radius 1 is 1.61 bits per heavy atom. The molecular weight excluding hydrogens is 252 g/mol. The molecule has 0 aliphatic carbocycles. The molecule has 1 aliphatic rings. The summed E-state index contributed by atoms with van der Waals surface area (Å²) < 4.78 is 5.17. The van der Waals surface area contributed by atoms with Crippen LogP contribution in [0.4, 0.5) is 5.13 Å². The van der Waals surface area contributed by atoms with Gasteiger partial charge < -0.3 is 14.7 Å². The van der Waals surface area contributed by atoms with Gasteiger partial charge in [-0.2, -0.15) is 0 Å². The van der Waals surface area contributed by atoms with Crippen LogP contribution in [0.2, 0.25) is 0 Å². The molecule has 0 saturated carbocycles. The molecule has 1 aromatic heterocycles. The minimum Gasteiger partial charge on any atom is -0.481 e. The van der Waals surface area contributed by atoms with E-state index in [1.165, 1.54) is 11.3 Å². The van der Waals surface area contributed by atoms with Gasteiger partial charge in [0.2, 0.25) is 0 Å². The van der Waals surface area contributed by atoms with Gasteiger partial charge in [-0.3, -0.25) is 4.79 Å². The molecular formula is C12H18N2O3S. The summed E-state index contributed by atoms with van der Waals surface area (Å²) in [6, 6.07) is 0. The number of hydrogen-bond acceptors (Lipinski definition) is 5. The molecule has 0 spiro atoms. The van der Waals surface area contributed by atoms with Crippen molar-refractivity contribution in [3.8, 4) is 0 Å². The minimum absolute atomic E-state index is 0.0106. The van der Waals surface area contributed by atoms with Crippen LogP contribution in [-0.4, -0.2) is 42.9 Å². The van der Waals surface area contributed by atoms with Gasteiger partial charge >= 0.3 is 5.97 Å². The first-order valence-electron chi connectivity index (χ1n) is 6.09. The van der Waals surface area contributed by atoms with Gasteiger partial charge in [0.15, 0.2) is 5.13 Å². The van der Waals surface area contributed by atoms with Gasteiger partial charge in [0.25, 0.3) is 0 Å². The van der Waals surface area contributed by atoms with Gasteiger partial charge in [0, 0.05) is 32.2 Å². The summed E-state index contributed by atoms with van der Waals surface area (Å²) in [5, 5.41) is 11.5. The summed E-state index contributed by atoms with van der Waals surface area (Å²) in [7, 11) is 1.74. The van der Waals surface area contributed by atoms with Crippen molar-refractivity contribution >= 4 is 22.4 Å². The van der Waals surface area contributed by atoms with Crippen molar-refractivity contribution in [3.05, 3.63) is 11.1 Å². The highest BCUT2D eigenvalue weighted by Crippen LogP contribution is 2.26. The summed E-state index contributed by atoms with van der Waals surface area (Å²) >= 11 is 1.53. The molecule has 5 nitrogen and oxygen atoms in total. The van der Waals surface area contributed by atoms with E-state index in [2.05, 4.69) is 9.88 Å². The number of aliphatic carboxylic acids is 1. The zero-order chi connectivity index (χ0) is 13.0. The summed E-state index contributed by atoms with van der Waals surface area (Å²) in [6.07, 6.45) is 2.24. The van der Waals surface area contributed by atoms with Crippen LogP contribution in [0.15, 0.2) is 5.38 Å². The molecule has 0 bridgehead atoms. The zero-order valence-corrected chi connectivity index (χ0v) is 11.3. The Morgan fingerprint density at radius 3 is 2.94 bits per heavy atom. The van der Waals surface area contributed by atoms with Crippen molar-refractivity contribution in [2.45, 2.75) is 19.3 Å². The van der Waals surface area contributed by atoms with E-state index >= 15 is 0 Å². The molecule has 2 heterocycles. The smallest absolute Gasteiger partial charge is 0.309 e. The van der Waals surface area contributed by atoms with Gasteiger partial charge in [0.05, 0.1) is 12.1 Å². The quantitative estimate of drug-likeness (QED) is 0.881. The van der Waals surface area contributed by atoms with E-state index in [0.29, 0.717) is 11.6 Å². The Kier molecular flexibility index (Phi) is 4.54. The second kappa shape index (κ2) is 6.15. The van der Waals surface area contributed by atoms with E-state index in [4.69, 9.17) is 9.84 Å². The Bertz CT molecular complexity index is 400. The highest BCUT2D eigenvalue weighted by Gasteiger charge is 2.21. The SMILES string of the molecule is COCC1CCN(c2nc(CC(=O)O)cs2)CC1. The van der Waals surface area contributed by atoms with Crippen LogP contribution >= 0.6 is 11.3 Å². The Morgan fingerprint density at radius 2 is 2.33 bits per heavy atom. The summed E-state index contributed by atoms with van der Waals surface area (Å²) in [6.45, 7) is 2.79. The Balaban J connectivity index is 1.89. The molecule has 2 rings (SSSR count). The van der Waals surface area contributed by atoms with Gasteiger partial charge in [-0.1, -0.05) is 0 Å². The third-order valence-corrected chi connectivity index (χ3v) is 4.11. The van der Waals surface area contributed by atoms with Gasteiger partial charge in [-0.05, 0) is 18.8 Å². The number of piperidine rings is 1. The zero-order valence-electron chi connectivity index (χ0n) is 10.5. The van der Waals surface area contributed by atoms with Crippen LogP contribution in [-0.2, 0) is 16.0 Å². The number of hydrogen-bond donors (Lipinski definition) is 1. The number of ether oxygens (including phenoxy) is 1. The molecule has 0 radical (unpaired) electrons. The van der Waals surface area contributed by atoms with Crippen LogP contribution in [0.3, 0.4) is 0 Å². The number of rotatable bonds is 5. The van der Waals surface area contributed by atoms with E-state index in [1.807, 2.05) is 5.38 Å². The first kappa shape index (κ1) is 13.3. The third-order valence-electron chi connectivity index (χ3n) is 3.16. The fourth-order valence-corrected chi connectivity index (χ4v) is 3.08. The number of nitrogens with zero attached hydrogens (tertiary/aromatic N) is 2. The predicted molar refractivity (Wildman–Crippen MR) is 70.3 cm³/mol. The highest BCUT2D eigenvalue weighted by molar-refractivity contribution is 7.13. The monoisotopic (exact) mass is 270 g/mol. The van der Waals surface area contributed by atoms with Crippen molar-refractivity contribution in [1.82, 2.24) is 4.98 Å². The first-order valence-corrected chi connectivity index (χ1v) is 6.97. The van der Waals surface area contributed by atoms with Crippen LogP contribution in [0.5, 0.6) is 0 Å². The molecule has 0 unspecified atom stereocenters. The molecule has 1 fully saturated rings. The fourth-order valence-electron chi connectivity index (χ4n) is 2.20. The standard InChI is InChI=1S/C12H18N2O3S/c1-17-7-9-2-4-14(5-3-9)12-13-10(8-18-12)6-11(15)16/h8-9H,2-7H2,1H3,(H,15,16). The van der Waals surface area contributed by atoms with Crippen LogP contribution in [0, 0.1) is 5.92 Å². The second-order valence-corrected chi connectivity index (χ2v) is 5.41. The lowest BCUT2D eigenvalue weighted by molar-refractivity contribution is -0.136. The first-order chi connectivity index (χ1) is 8.69. The topological polar surface area (TPSA) is 62.7 Å². The lowest BCUT2D eigenvalue weighted by Crippen LogP contribution is -2.34. The maximum absolute atomic E-state index is 10.6. The van der Waals surface area contributed by atoms with Crippen molar-refractivity contribution < 1.29 is 14.6 Å². The number of carboxylic acid groups (broad SMARTS) is 1. The van der Waals surface area contributed by atoms with Gasteiger partial charge in [-0.15, -0.1) is 11.3 Å². The third kappa shape index (κ3) is 3.43. The molecule has 0 atom stereocenters. The lowest BCUT2D eigenvalue weighted by atomic mass is 9.98. The number of methoxy groups -OCH3 is 1. The van der Waals surface area contributed by atoms with E-state index in [9.17, 15) is 4.79 Å². The number of carboxylic acids is 1. The van der Waals surface area contributed by atoms with Crippen molar-refractivity contribution in [1.29, 1.82) is 0 Å². The Hall–Kier alpha value is -1.14. The lowest BCUT2D eigenvalue weighted by Gasteiger charge is -2.31.